The Kier molecular flexibility index (Phi) is 2.43. The molecule has 64 valence electrons. The van der Waals surface area contributed by atoms with Crippen LogP contribution < -0.4 is 4.74 Å². The van der Waals surface area contributed by atoms with Crippen LogP contribution in [0.15, 0.2) is 17.3 Å². The van der Waals surface area contributed by atoms with E-state index in [1.165, 1.54) is 0 Å². The quantitative estimate of drug-likeness (QED) is 0.632. The third kappa shape index (κ3) is 1.44. The molecule has 0 N–H and O–H groups in total. The fourth-order valence-electron chi connectivity index (χ4n) is 1.02. The molecule has 0 aromatic heterocycles. The second kappa shape index (κ2) is 3.34. The molecule has 0 saturated heterocycles. The molecule has 0 aliphatic rings. The van der Waals surface area contributed by atoms with Gasteiger partial charge in [0.05, 0.1) is 7.11 Å². The summed E-state index contributed by atoms with van der Waals surface area (Å²) in [5, 5.41) is 2.91. The first-order chi connectivity index (χ1) is 5.69. The average Bonchev–Trinajstić information content (AvgIpc) is 2.09. The van der Waals surface area contributed by atoms with Gasteiger partial charge >= 0.3 is 0 Å². The van der Waals surface area contributed by atoms with Crippen molar-refractivity contribution in [2.45, 2.75) is 13.8 Å². The Morgan fingerprint density at radius 1 is 1.33 bits per heavy atom. The number of hydrogen-bond donors (Lipinski definition) is 0. The predicted octanol–water partition coefficient (Wildman–Crippen LogP) is 2.71. The summed E-state index contributed by atoms with van der Waals surface area (Å²) in [6.45, 7) is 3.79. The lowest BCUT2D eigenvalue weighted by molar-refractivity contribution is 0.414. The molecule has 12 heavy (non-hydrogen) atoms. The summed E-state index contributed by atoms with van der Waals surface area (Å²) in [7, 11) is 1.57. The number of methoxy groups -OCH3 is 1. The Bertz CT molecular complexity index is 308. The van der Waals surface area contributed by atoms with Gasteiger partial charge in [-0.1, -0.05) is 0 Å². The van der Waals surface area contributed by atoms with Gasteiger partial charge in [0.25, 0.3) is 0 Å². The first-order valence-corrected chi connectivity index (χ1v) is 3.67. The largest absolute Gasteiger partial charge is 0.497 e. The van der Waals surface area contributed by atoms with Crippen molar-refractivity contribution in [3.63, 3.8) is 0 Å². The molecule has 0 amide bonds. The minimum atomic E-state index is 0.451. The van der Waals surface area contributed by atoms with Gasteiger partial charge < -0.3 is 4.74 Å². The summed E-state index contributed by atoms with van der Waals surface area (Å²) in [5.74, 6) is 0.674. The molecule has 0 aliphatic heterocycles. The third-order valence-corrected chi connectivity index (χ3v) is 1.95. The number of aryl methyl sites for hydroxylation is 1. The molecule has 1 aromatic carbocycles. The van der Waals surface area contributed by atoms with Gasteiger partial charge in [0.15, 0.2) is 0 Å². The van der Waals surface area contributed by atoms with Crippen LogP contribution in [0, 0.1) is 18.8 Å². The number of ether oxygens (including phenoxy) is 1. The van der Waals surface area contributed by atoms with Gasteiger partial charge in [-0.25, -0.2) is 0 Å². The van der Waals surface area contributed by atoms with Crippen LogP contribution in [-0.4, -0.2) is 7.11 Å². The molecule has 0 spiro atoms. The van der Waals surface area contributed by atoms with Gasteiger partial charge in [0.2, 0.25) is 0 Å². The Balaban J connectivity index is 3.28. The van der Waals surface area contributed by atoms with Crippen molar-refractivity contribution in [2.75, 3.05) is 7.11 Å². The van der Waals surface area contributed by atoms with Crippen molar-refractivity contribution in [3.8, 4) is 5.75 Å². The predicted molar refractivity (Wildman–Crippen MR) is 47.9 cm³/mol. The summed E-state index contributed by atoms with van der Waals surface area (Å²) >= 11 is 0. The van der Waals surface area contributed by atoms with Crippen molar-refractivity contribution >= 4 is 5.69 Å². The third-order valence-electron chi connectivity index (χ3n) is 1.95. The molecular weight excluding hydrogens is 154 g/mol. The fraction of sp³-hybridized carbons (Fsp3) is 0.333. The van der Waals surface area contributed by atoms with E-state index >= 15 is 0 Å². The van der Waals surface area contributed by atoms with Crippen molar-refractivity contribution in [1.29, 1.82) is 0 Å². The zero-order valence-corrected chi connectivity index (χ0v) is 7.42. The molecule has 0 unspecified atom stereocenters. The van der Waals surface area contributed by atoms with Crippen LogP contribution in [-0.2, 0) is 0 Å². The van der Waals surface area contributed by atoms with E-state index in [0.717, 1.165) is 11.1 Å². The molecule has 0 aliphatic carbocycles. The molecule has 3 heteroatoms. The molecule has 0 radical (unpaired) electrons. The maximum Gasteiger partial charge on any atom is 0.121 e. The first-order valence-electron chi connectivity index (χ1n) is 3.67. The second-order valence-electron chi connectivity index (χ2n) is 2.68. The minimum absolute atomic E-state index is 0.451. The molecule has 0 atom stereocenters. The van der Waals surface area contributed by atoms with E-state index in [9.17, 15) is 4.91 Å². The van der Waals surface area contributed by atoms with Crippen molar-refractivity contribution in [3.05, 3.63) is 28.2 Å². The van der Waals surface area contributed by atoms with Crippen LogP contribution in [0.3, 0.4) is 0 Å². The van der Waals surface area contributed by atoms with E-state index in [1.807, 2.05) is 19.9 Å². The van der Waals surface area contributed by atoms with Crippen LogP contribution in [0.1, 0.15) is 11.1 Å². The first kappa shape index (κ1) is 8.71. The summed E-state index contributed by atoms with van der Waals surface area (Å²) < 4.78 is 4.99. The number of nitroso groups, excluding NO2 is 1. The Morgan fingerprint density at radius 3 is 2.50 bits per heavy atom. The van der Waals surface area contributed by atoms with Gasteiger partial charge in [-0.2, -0.15) is 0 Å². The maximum absolute atomic E-state index is 10.3. The monoisotopic (exact) mass is 165 g/mol. The lowest BCUT2D eigenvalue weighted by atomic mass is 10.1. The highest BCUT2D eigenvalue weighted by Crippen LogP contribution is 2.27. The van der Waals surface area contributed by atoms with Crippen LogP contribution in [0.2, 0.25) is 0 Å². The van der Waals surface area contributed by atoms with Crippen LogP contribution >= 0.6 is 0 Å². The maximum atomic E-state index is 10.3. The van der Waals surface area contributed by atoms with Crippen molar-refractivity contribution in [2.24, 2.45) is 5.18 Å². The molecule has 1 rings (SSSR count). The summed E-state index contributed by atoms with van der Waals surface area (Å²) in [4.78, 5) is 10.3. The van der Waals surface area contributed by atoms with Gasteiger partial charge in [0, 0.05) is 6.07 Å². The van der Waals surface area contributed by atoms with E-state index in [2.05, 4.69) is 5.18 Å². The highest BCUT2D eigenvalue weighted by atomic mass is 16.5. The van der Waals surface area contributed by atoms with Crippen molar-refractivity contribution in [1.82, 2.24) is 0 Å². The van der Waals surface area contributed by atoms with Crippen LogP contribution in [0.4, 0.5) is 5.69 Å². The van der Waals surface area contributed by atoms with E-state index in [-0.39, 0.29) is 0 Å². The zero-order valence-electron chi connectivity index (χ0n) is 7.42. The van der Waals surface area contributed by atoms with E-state index < -0.39 is 0 Å². The lowest BCUT2D eigenvalue weighted by Crippen LogP contribution is -1.86. The lowest BCUT2D eigenvalue weighted by Gasteiger charge is -2.05. The fourth-order valence-corrected chi connectivity index (χ4v) is 1.02. The highest BCUT2D eigenvalue weighted by molar-refractivity contribution is 5.53. The minimum Gasteiger partial charge on any atom is -0.497 e. The molecule has 0 heterocycles. The molecule has 0 saturated carbocycles. The Hall–Kier alpha value is -1.38. The Morgan fingerprint density at radius 2 is 2.00 bits per heavy atom. The van der Waals surface area contributed by atoms with E-state index in [1.54, 1.807) is 13.2 Å². The molecule has 1 aromatic rings. The topological polar surface area (TPSA) is 38.7 Å². The number of nitrogens with zero attached hydrogens (tertiary/aromatic N) is 1. The van der Waals surface area contributed by atoms with Gasteiger partial charge in [-0.3, -0.25) is 0 Å². The Labute approximate surface area is 71.3 Å². The molecule has 3 nitrogen and oxygen atoms in total. The number of benzene rings is 1. The normalized spacial score (nSPS) is 9.58. The SMILES string of the molecule is COc1cc(C)c(C)c(N=O)c1. The second-order valence-corrected chi connectivity index (χ2v) is 2.68. The van der Waals surface area contributed by atoms with Gasteiger partial charge in [0.1, 0.15) is 11.4 Å². The van der Waals surface area contributed by atoms with Crippen LogP contribution in [0.25, 0.3) is 0 Å². The number of hydrogen-bond acceptors (Lipinski definition) is 3. The zero-order chi connectivity index (χ0) is 9.14. The average molecular weight is 165 g/mol. The molecular formula is C9H11NO2. The smallest absolute Gasteiger partial charge is 0.121 e. The standard InChI is InChI=1S/C9H11NO2/c1-6-4-8(12-3)5-9(10-11)7(6)2/h4-5H,1-3H3. The summed E-state index contributed by atoms with van der Waals surface area (Å²) in [6.07, 6.45) is 0. The molecule has 0 fully saturated rings. The summed E-state index contributed by atoms with van der Waals surface area (Å²) in [5.41, 5.74) is 2.38. The van der Waals surface area contributed by atoms with E-state index in [4.69, 9.17) is 4.74 Å². The van der Waals surface area contributed by atoms with Gasteiger partial charge in [-0.15, -0.1) is 4.91 Å². The van der Waals surface area contributed by atoms with Crippen molar-refractivity contribution < 1.29 is 4.74 Å². The number of rotatable bonds is 2. The molecule has 0 bridgehead atoms. The summed E-state index contributed by atoms with van der Waals surface area (Å²) in [6, 6.07) is 3.51. The van der Waals surface area contributed by atoms with E-state index in [0.29, 0.717) is 11.4 Å². The van der Waals surface area contributed by atoms with Gasteiger partial charge in [-0.05, 0) is 36.2 Å². The van der Waals surface area contributed by atoms with Crippen LogP contribution in [0.5, 0.6) is 5.75 Å². The highest BCUT2D eigenvalue weighted by Gasteiger charge is 2.04.